The average Bonchev–Trinajstić information content (AvgIpc) is 3.03. The molecule has 10 heteroatoms. The van der Waals surface area contributed by atoms with Crippen molar-refractivity contribution in [1.82, 2.24) is 4.90 Å². The number of benzene rings is 2. The number of nitrogens with one attached hydrogen (secondary N) is 1. The van der Waals surface area contributed by atoms with Gasteiger partial charge in [0.05, 0.1) is 41.3 Å². The molecule has 7 nitrogen and oxygen atoms in total. The molecule has 4 rings (SSSR count). The van der Waals surface area contributed by atoms with Gasteiger partial charge in [-0.15, -0.1) is 0 Å². The molecule has 1 fully saturated rings. The molecule has 2 aromatic carbocycles. The number of ether oxygens (including phenoxy) is 1. The Bertz CT molecular complexity index is 1050. The van der Waals surface area contributed by atoms with Gasteiger partial charge < -0.3 is 15.0 Å². The van der Waals surface area contributed by atoms with Crippen molar-refractivity contribution in [3.8, 4) is 0 Å². The van der Waals surface area contributed by atoms with Crippen LogP contribution in [-0.4, -0.2) is 55.0 Å². The number of amides is 3. The van der Waals surface area contributed by atoms with Gasteiger partial charge in [-0.3, -0.25) is 19.3 Å². The number of rotatable bonds is 4. The third-order valence-corrected chi connectivity index (χ3v) is 5.53. The van der Waals surface area contributed by atoms with Crippen molar-refractivity contribution < 1.29 is 32.3 Å². The Labute approximate surface area is 181 Å². The van der Waals surface area contributed by atoms with Crippen LogP contribution in [0.5, 0.6) is 0 Å². The maximum atomic E-state index is 13.3. The second-order valence-electron chi connectivity index (χ2n) is 7.52. The molecule has 168 valence electrons. The Balaban J connectivity index is 1.62. The molecule has 32 heavy (non-hydrogen) atoms. The van der Waals surface area contributed by atoms with Crippen molar-refractivity contribution in [1.29, 1.82) is 0 Å². The number of nitrogens with zero attached hydrogens (tertiary/aromatic N) is 2. The molecule has 1 unspecified atom stereocenters. The van der Waals surface area contributed by atoms with E-state index in [-0.39, 0.29) is 16.8 Å². The highest BCUT2D eigenvalue weighted by molar-refractivity contribution is 6.23. The van der Waals surface area contributed by atoms with Gasteiger partial charge in [0.25, 0.3) is 11.8 Å². The molecule has 1 saturated heterocycles. The summed E-state index contributed by atoms with van der Waals surface area (Å²) in [4.78, 5) is 40.9. The number of morpholine rings is 1. The molecule has 2 heterocycles. The fraction of sp³-hybridized carbons (Fsp3) is 0.318. The maximum Gasteiger partial charge on any atom is 0.416 e. The predicted molar refractivity (Wildman–Crippen MR) is 110 cm³/mol. The lowest BCUT2D eigenvalue weighted by Gasteiger charge is -2.31. The first-order valence-corrected chi connectivity index (χ1v) is 10.00. The Morgan fingerprint density at radius 3 is 2.19 bits per heavy atom. The van der Waals surface area contributed by atoms with Crippen molar-refractivity contribution in [2.45, 2.75) is 19.1 Å². The first-order valence-electron chi connectivity index (χ1n) is 10.00. The maximum absolute atomic E-state index is 13.3. The zero-order valence-electron chi connectivity index (χ0n) is 17.1. The minimum atomic E-state index is -4.60. The highest BCUT2D eigenvalue weighted by Crippen LogP contribution is 2.36. The first kappa shape index (κ1) is 21.8. The smallest absolute Gasteiger partial charge is 0.378 e. The van der Waals surface area contributed by atoms with Crippen LogP contribution < -0.4 is 10.2 Å². The van der Waals surface area contributed by atoms with Crippen LogP contribution >= 0.6 is 0 Å². The number of alkyl halides is 3. The molecule has 0 radical (unpaired) electrons. The molecule has 0 saturated carbocycles. The summed E-state index contributed by atoms with van der Waals surface area (Å²) in [6, 6.07) is 8.08. The molecule has 0 bridgehead atoms. The minimum absolute atomic E-state index is 0.0461. The monoisotopic (exact) mass is 447 g/mol. The summed E-state index contributed by atoms with van der Waals surface area (Å²) in [7, 11) is 0. The summed E-state index contributed by atoms with van der Waals surface area (Å²) in [5, 5.41) is 2.50. The van der Waals surface area contributed by atoms with Gasteiger partial charge in [0, 0.05) is 13.1 Å². The number of imide groups is 1. The minimum Gasteiger partial charge on any atom is -0.378 e. The van der Waals surface area contributed by atoms with Crippen molar-refractivity contribution >= 4 is 29.1 Å². The number of halogens is 3. The quantitative estimate of drug-likeness (QED) is 0.729. The summed E-state index contributed by atoms with van der Waals surface area (Å²) in [6.45, 7) is 3.06. The topological polar surface area (TPSA) is 79.0 Å². The van der Waals surface area contributed by atoms with E-state index >= 15 is 0 Å². The van der Waals surface area contributed by atoms with Gasteiger partial charge in [0.1, 0.15) is 6.04 Å². The van der Waals surface area contributed by atoms with E-state index in [0.29, 0.717) is 32.0 Å². The summed E-state index contributed by atoms with van der Waals surface area (Å²) >= 11 is 0. The van der Waals surface area contributed by atoms with Crippen molar-refractivity contribution in [2.75, 3.05) is 36.5 Å². The van der Waals surface area contributed by atoms with E-state index in [1.54, 1.807) is 12.1 Å². The molecule has 2 aromatic rings. The van der Waals surface area contributed by atoms with E-state index in [0.717, 1.165) is 17.0 Å². The lowest BCUT2D eigenvalue weighted by atomic mass is 10.1. The zero-order chi connectivity index (χ0) is 23.0. The van der Waals surface area contributed by atoms with Crippen LogP contribution in [-0.2, 0) is 15.7 Å². The van der Waals surface area contributed by atoms with Crippen LogP contribution in [0, 0.1) is 0 Å². The second kappa shape index (κ2) is 8.27. The van der Waals surface area contributed by atoms with Crippen molar-refractivity contribution in [3.05, 3.63) is 59.2 Å². The summed E-state index contributed by atoms with van der Waals surface area (Å²) in [6.07, 6.45) is -4.60. The molecule has 2 aliphatic rings. The molecule has 0 aromatic heterocycles. The van der Waals surface area contributed by atoms with Crippen LogP contribution in [0.2, 0.25) is 0 Å². The van der Waals surface area contributed by atoms with Crippen molar-refractivity contribution in [2.24, 2.45) is 0 Å². The molecular weight excluding hydrogens is 427 g/mol. The van der Waals surface area contributed by atoms with Gasteiger partial charge in [-0.1, -0.05) is 12.1 Å². The van der Waals surface area contributed by atoms with Gasteiger partial charge >= 0.3 is 6.18 Å². The van der Waals surface area contributed by atoms with Crippen LogP contribution in [0.15, 0.2) is 42.5 Å². The first-order chi connectivity index (χ1) is 15.2. The predicted octanol–water partition coefficient (Wildman–Crippen LogP) is 3.17. The van der Waals surface area contributed by atoms with Gasteiger partial charge in [-0.05, 0) is 37.3 Å². The molecule has 1 atom stereocenters. The number of fused-ring (bicyclic) bond motifs is 1. The van der Waals surface area contributed by atoms with Crippen LogP contribution in [0.1, 0.15) is 33.2 Å². The zero-order valence-corrected chi connectivity index (χ0v) is 17.1. The molecule has 2 aliphatic heterocycles. The van der Waals surface area contributed by atoms with E-state index in [2.05, 4.69) is 5.32 Å². The number of hydrogen-bond acceptors (Lipinski definition) is 5. The normalized spacial score (nSPS) is 17.4. The molecule has 3 amide bonds. The van der Waals surface area contributed by atoms with Crippen molar-refractivity contribution in [3.63, 3.8) is 0 Å². The third kappa shape index (κ3) is 3.93. The van der Waals surface area contributed by atoms with E-state index in [4.69, 9.17) is 4.74 Å². The lowest BCUT2D eigenvalue weighted by Crippen LogP contribution is -2.45. The van der Waals surface area contributed by atoms with Crippen LogP contribution in [0.25, 0.3) is 0 Å². The average molecular weight is 447 g/mol. The Morgan fingerprint density at radius 2 is 1.62 bits per heavy atom. The molecule has 0 aliphatic carbocycles. The Kier molecular flexibility index (Phi) is 5.64. The molecular formula is C22H20F3N3O4. The van der Waals surface area contributed by atoms with E-state index in [1.165, 1.54) is 25.1 Å². The van der Waals surface area contributed by atoms with Gasteiger partial charge in [-0.25, -0.2) is 0 Å². The SMILES string of the molecule is CC(C(=O)Nc1cc(C(F)(F)F)ccc1N1CCOCC1)N1C(=O)c2ccccc2C1=O. The number of hydrogen-bond donors (Lipinski definition) is 1. The molecule has 0 spiro atoms. The van der Waals surface area contributed by atoms with E-state index in [1.807, 2.05) is 4.90 Å². The van der Waals surface area contributed by atoms with Gasteiger partial charge in [0.15, 0.2) is 0 Å². The third-order valence-electron chi connectivity index (χ3n) is 5.53. The number of anilines is 2. The highest BCUT2D eigenvalue weighted by atomic mass is 19.4. The number of carbonyl (C=O) groups is 3. The van der Waals surface area contributed by atoms with Gasteiger partial charge in [0.2, 0.25) is 5.91 Å². The second-order valence-corrected chi connectivity index (χ2v) is 7.52. The molecule has 1 N–H and O–H groups in total. The fourth-order valence-electron chi connectivity index (χ4n) is 3.81. The van der Waals surface area contributed by atoms with E-state index < -0.39 is 35.5 Å². The highest BCUT2D eigenvalue weighted by Gasteiger charge is 2.41. The Morgan fingerprint density at radius 1 is 1.03 bits per heavy atom. The lowest BCUT2D eigenvalue weighted by molar-refractivity contribution is -0.137. The van der Waals surface area contributed by atoms with Crippen LogP contribution in [0.4, 0.5) is 24.5 Å². The summed E-state index contributed by atoms with van der Waals surface area (Å²) < 4.78 is 45.2. The Hall–Kier alpha value is -3.40. The van der Waals surface area contributed by atoms with Crippen LogP contribution in [0.3, 0.4) is 0 Å². The summed E-state index contributed by atoms with van der Waals surface area (Å²) in [5.74, 6) is -2.01. The summed E-state index contributed by atoms with van der Waals surface area (Å²) in [5.41, 5.74) is -0.187. The van der Waals surface area contributed by atoms with Gasteiger partial charge in [-0.2, -0.15) is 13.2 Å². The van der Waals surface area contributed by atoms with E-state index in [9.17, 15) is 27.6 Å². The number of carbonyl (C=O) groups excluding carboxylic acids is 3. The standard InChI is InChI=1S/C22H20F3N3O4/c1-13(28-20(30)15-4-2-3-5-16(15)21(28)31)19(29)26-17-12-14(22(23,24)25)6-7-18(17)27-8-10-32-11-9-27/h2-7,12-13H,8-11H2,1H3,(H,26,29). The fourth-order valence-corrected chi connectivity index (χ4v) is 3.81. The largest absolute Gasteiger partial charge is 0.416 e.